The Morgan fingerprint density at radius 2 is 1.41 bits per heavy atom. The average molecular weight is 983 g/mol. The number of aryl methyl sites for hydroxylation is 1. The number of imidazole rings is 1. The molecule has 3 amide bonds. The van der Waals surface area contributed by atoms with E-state index >= 15 is 0 Å². The molecular formula is C48H54N8O11S2. The fourth-order valence-corrected chi connectivity index (χ4v) is 10.8. The molecule has 4 aromatic carbocycles. The average Bonchev–Trinajstić information content (AvgIpc) is 4.06. The number of rotatable bonds is 15. The first-order valence-corrected chi connectivity index (χ1v) is 25.1. The number of nitrogen functional groups attached to an aromatic ring is 1. The van der Waals surface area contributed by atoms with Gasteiger partial charge in [0.15, 0.2) is 5.82 Å². The number of nitrogens with one attached hydrogen (secondary N) is 2. The van der Waals surface area contributed by atoms with Crippen LogP contribution in [0.1, 0.15) is 56.9 Å². The molecule has 69 heavy (non-hydrogen) atoms. The van der Waals surface area contributed by atoms with Gasteiger partial charge in [-0.05, 0) is 67.3 Å². The fourth-order valence-electron chi connectivity index (χ4n) is 8.46. The molecule has 1 fully saturated rings. The number of esters is 1. The van der Waals surface area contributed by atoms with E-state index in [-0.39, 0.29) is 45.3 Å². The second kappa shape index (κ2) is 22.1. The second-order valence-electron chi connectivity index (χ2n) is 16.5. The number of benzene rings is 4. The SMILES string of the molecule is COCCc1nc2c(N)nc3ccccc3c2n1CCCN(Cc1ccc(CC(=O)OC)cc1)C(=O)CN1CCC[C@H]1COC.O=C1NS(=O)(=O)c2ccccc21.O=C1NS(=O)(=O)c2ccccc21. The summed E-state index contributed by atoms with van der Waals surface area (Å²) in [6, 6.07) is 28.2. The molecule has 1 saturated heterocycles. The van der Waals surface area contributed by atoms with E-state index in [0.29, 0.717) is 57.1 Å². The maximum absolute atomic E-state index is 13.9. The van der Waals surface area contributed by atoms with Gasteiger partial charge in [-0.1, -0.05) is 66.7 Å². The largest absolute Gasteiger partial charge is 0.469 e. The molecule has 21 heteroatoms. The lowest BCUT2D eigenvalue weighted by molar-refractivity contribution is -0.139. The highest BCUT2D eigenvalue weighted by Gasteiger charge is 2.33. The minimum Gasteiger partial charge on any atom is -0.469 e. The Balaban J connectivity index is 0.000000234. The molecule has 0 bridgehead atoms. The van der Waals surface area contributed by atoms with Crippen molar-refractivity contribution in [2.45, 2.75) is 61.0 Å². The third-order valence-electron chi connectivity index (χ3n) is 11.8. The Bertz CT molecular complexity index is 3000. The Labute approximate surface area is 400 Å². The van der Waals surface area contributed by atoms with Crippen LogP contribution in [0.15, 0.2) is 107 Å². The third-order valence-corrected chi connectivity index (χ3v) is 14.6. The molecule has 4 N–H and O–H groups in total. The first-order chi connectivity index (χ1) is 33.1. The van der Waals surface area contributed by atoms with Crippen molar-refractivity contribution in [3.8, 4) is 0 Å². The molecule has 6 aromatic rings. The Hall–Kier alpha value is -6.78. The number of hydrogen-bond acceptors (Lipinski definition) is 15. The highest BCUT2D eigenvalue weighted by atomic mass is 32.2. The van der Waals surface area contributed by atoms with Crippen LogP contribution in [0.25, 0.3) is 21.9 Å². The van der Waals surface area contributed by atoms with Crippen molar-refractivity contribution in [2.75, 3.05) is 59.9 Å². The number of pyridine rings is 1. The first-order valence-electron chi connectivity index (χ1n) is 22.1. The first kappa shape index (κ1) is 50.1. The van der Waals surface area contributed by atoms with Gasteiger partial charge in [-0.3, -0.25) is 24.1 Å². The quantitative estimate of drug-likeness (QED) is 0.124. The van der Waals surface area contributed by atoms with Crippen LogP contribution < -0.4 is 15.2 Å². The molecule has 1 atom stereocenters. The summed E-state index contributed by atoms with van der Waals surface area (Å²) in [6.07, 6.45) is 3.67. The predicted molar refractivity (Wildman–Crippen MR) is 256 cm³/mol. The maximum Gasteiger partial charge on any atom is 0.309 e. The van der Waals surface area contributed by atoms with Crippen LogP contribution in [0.4, 0.5) is 5.82 Å². The van der Waals surface area contributed by atoms with Gasteiger partial charge < -0.3 is 29.4 Å². The summed E-state index contributed by atoms with van der Waals surface area (Å²) in [5, 5.41) is 0.996. The summed E-state index contributed by atoms with van der Waals surface area (Å²) in [6.45, 7) is 4.09. The van der Waals surface area contributed by atoms with Crippen molar-refractivity contribution in [1.29, 1.82) is 0 Å². The van der Waals surface area contributed by atoms with E-state index in [2.05, 4.69) is 20.5 Å². The lowest BCUT2D eigenvalue weighted by atomic mass is 10.1. The zero-order chi connectivity index (χ0) is 49.3. The number of nitrogens with two attached hydrogens (primary N) is 1. The van der Waals surface area contributed by atoms with Gasteiger partial charge in [0.05, 0.1) is 55.4 Å². The molecule has 0 radical (unpaired) electrons. The van der Waals surface area contributed by atoms with Crippen molar-refractivity contribution in [2.24, 2.45) is 0 Å². The molecule has 2 aromatic heterocycles. The summed E-state index contributed by atoms with van der Waals surface area (Å²) in [4.78, 5) is 61.4. The van der Waals surface area contributed by atoms with E-state index in [1.165, 1.54) is 31.4 Å². The second-order valence-corrected chi connectivity index (χ2v) is 19.8. The Morgan fingerprint density at radius 3 is 2.01 bits per heavy atom. The van der Waals surface area contributed by atoms with E-state index in [4.69, 9.17) is 24.9 Å². The van der Waals surface area contributed by atoms with Gasteiger partial charge >= 0.3 is 5.97 Å². The molecule has 3 aliphatic rings. The zero-order valence-corrected chi connectivity index (χ0v) is 40.1. The number of aromatic nitrogens is 3. The molecular weight excluding hydrogens is 929 g/mol. The number of carbonyl (C=O) groups excluding carboxylic acids is 4. The van der Waals surface area contributed by atoms with E-state index < -0.39 is 31.9 Å². The van der Waals surface area contributed by atoms with Gasteiger partial charge in [0, 0.05) is 51.7 Å². The number of carbonyl (C=O) groups is 4. The summed E-state index contributed by atoms with van der Waals surface area (Å²) >= 11 is 0. The van der Waals surface area contributed by atoms with Gasteiger partial charge in [0.1, 0.15) is 21.1 Å². The van der Waals surface area contributed by atoms with E-state index in [9.17, 15) is 36.0 Å². The molecule has 19 nitrogen and oxygen atoms in total. The summed E-state index contributed by atoms with van der Waals surface area (Å²) in [7, 11) is -2.33. The number of ether oxygens (including phenoxy) is 3. The van der Waals surface area contributed by atoms with Crippen LogP contribution in [0.2, 0.25) is 0 Å². The standard InChI is InChI=1S/C34H44N6O5.2C7H5NO3S/c1-43-19-15-29-37-32-33(27-9-4-5-10-28(27)36-34(32)35)40(29)18-7-17-39(30(41)22-38-16-6-8-26(38)23-44-2)21-25-13-11-24(12-14-25)20-31(42)45-3;2*9-7-5-3-1-2-4-6(5)12(10,11)8-7/h4-5,9-14,26H,6-8,15-23H2,1-3H3,(H2,35,36);2*1-4H,(H,8,9)/t26-;;/m0../s1. The molecule has 3 aliphatic heterocycles. The van der Waals surface area contributed by atoms with Gasteiger partial charge in [-0.25, -0.2) is 36.2 Å². The smallest absolute Gasteiger partial charge is 0.309 e. The number of fused-ring (bicyclic) bond motifs is 5. The van der Waals surface area contributed by atoms with Crippen molar-refractivity contribution in [3.05, 3.63) is 125 Å². The lowest BCUT2D eigenvalue weighted by Gasteiger charge is -2.28. The van der Waals surface area contributed by atoms with Crippen LogP contribution in [-0.4, -0.2) is 125 Å². The minimum atomic E-state index is -3.55. The number of methoxy groups -OCH3 is 3. The highest BCUT2D eigenvalue weighted by Crippen LogP contribution is 2.30. The molecule has 5 heterocycles. The Morgan fingerprint density at radius 1 is 0.797 bits per heavy atom. The van der Waals surface area contributed by atoms with Crippen LogP contribution in [0.5, 0.6) is 0 Å². The summed E-state index contributed by atoms with van der Waals surface area (Å²) in [5.41, 5.74) is 11.2. The Kier molecular flexibility index (Phi) is 16.1. The molecule has 364 valence electrons. The number of hydrogen-bond donors (Lipinski definition) is 3. The van der Waals surface area contributed by atoms with Crippen molar-refractivity contribution in [1.82, 2.24) is 33.8 Å². The normalized spacial score (nSPS) is 16.4. The molecule has 0 unspecified atom stereocenters. The predicted octanol–water partition coefficient (Wildman–Crippen LogP) is 3.84. The van der Waals surface area contributed by atoms with Gasteiger partial charge in [-0.15, -0.1) is 0 Å². The lowest BCUT2D eigenvalue weighted by Crippen LogP contribution is -2.43. The monoisotopic (exact) mass is 982 g/mol. The molecule has 0 saturated carbocycles. The minimum absolute atomic E-state index is 0.0648. The van der Waals surface area contributed by atoms with Crippen LogP contribution >= 0.6 is 0 Å². The van der Waals surface area contributed by atoms with Crippen molar-refractivity contribution >= 4 is 71.5 Å². The fraction of sp³-hybridized carbons (Fsp3) is 0.333. The van der Waals surface area contributed by atoms with Gasteiger partial charge in [0.25, 0.3) is 31.9 Å². The highest BCUT2D eigenvalue weighted by molar-refractivity contribution is 7.91. The molecule has 0 aliphatic carbocycles. The van der Waals surface area contributed by atoms with Gasteiger partial charge in [-0.2, -0.15) is 0 Å². The molecule has 0 spiro atoms. The number of nitrogens with zero attached hydrogens (tertiary/aromatic N) is 5. The number of sulfonamides is 2. The van der Waals surface area contributed by atoms with E-state index in [1.807, 2.05) is 56.8 Å². The van der Waals surface area contributed by atoms with Crippen LogP contribution in [0, 0.1) is 0 Å². The van der Waals surface area contributed by atoms with Gasteiger partial charge in [0.2, 0.25) is 5.91 Å². The number of likely N-dealkylation sites (tertiary alicyclic amines) is 1. The van der Waals surface area contributed by atoms with E-state index in [1.54, 1.807) is 38.5 Å². The number of para-hydroxylation sites is 1. The summed E-state index contributed by atoms with van der Waals surface area (Å²) in [5.74, 6) is -0.000127. The topological polar surface area (TPSA) is 252 Å². The summed E-state index contributed by atoms with van der Waals surface area (Å²) < 4.78 is 66.1. The maximum atomic E-state index is 13.9. The van der Waals surface area contributed by atoms with E-state index in [0.717, 1.165) is 59.2 Å². The van der Waals surface area contributed by atoms with Crippen LogP contribution in [-0.2, 0) is 69.8 Å². The number of amides is 3. The third kappa shape index (κ3) is 11.7. The van der Waals surface area contributed by atoms with Crippen molar-refractivity contribution < 1.29 is 50.2 Å². The van der Waals surface area contributed by atoms with Crippen LogP contribution in [0.3, 0.4) is 0 Å². The van der Waals surface area contributed by atoms with Crippen molar-refractivity contribution in [3.63, 3.8) is 0 Å². The zero-order valence-electron chi connectivity index (χ0n) is 38.4. The number of anilines is 1. The molecule has 9 rings (SSSR count).